The minimum Gasteiger partial charge on any atom is -0.459 e. The number of terminal acetylenes is 1. The van der Waals surface area contributed by atoms with Crippen LogP contribution in [0.15, 0.2) is 47.9 Å². The number of rotatable bonds is 9. The highest BCUT2D eigenvalue weighted by molar-refractivity contribution is 14.1. The van der Waals surface area contributed by atoms with Gasteiger partial charge < -0.3 is 49.0 Å². The third-order valence-corrected chi connectivity index (χ3v) is 13.4. The van der Waals surface area contributed by atoms with Crippen molar-refractivity contribution in [3.05, 3.63) is 42.7 Å². The monoisotopic (exact) mass is 919 g/mol. The van der Waals surface area contributed by atoms with Crippen molar-refractivity contribution in [2.24, 2.45) is 28.8 Å². The maximum Gasteiger partial charge on any atom is 0.311 e. The fourth-order valence-electron chi connectivity index (χ4n) is 8.44. The number of carbonyl (C=O) groups is 1. The SMILES string of the molecule is C#CCCN(C)C1CC(C)OC(O[C@@H]2[C@@H](C)[C@H](O)C(C)C(=O)O[C@H](CC)C(C)(O)C3OC/C(=N\Oc4ccc(-n5cccn5)cc4)COC2(I)C[C@@H](C)C(=N)C3C)C1. The van der Waals surface area contributed by atoms with Gasteiger partial charge in [0.15, 0.2) is 12.0 Å². The summed E-state index contributed by atoms with van der Waals surface area (Å²) >= 11 is 2.25. The van der Waals surface area contributed by atoms with Crippen LogP contribution in [0.3, 0.4) is 0 Å². The van der Waals surface area contributed by atoms with Gasteiger partial charge in [0, 0.05) is 55.4 Å². The number of aromatic nitrogens is 2. The van der Waals surface area contributed by atoms with Crippen LogP contribution in [-0.4, -0.2) is 121 Å². The van der Waals surface area contributed by atoms with E-state index in [2.05, 4.69) is 43.7 Å². The zero-order valence-corrected chi connectivity index (χ0v) is 37.2. The lowest BCUT2D eigenvalue weighted by molar-refractivity contribution is -0.257. The van der Waals surface area contributed by atoms with E-state index in [-0.39, 0.29) is 38.2 Å². The summed E-state index contributed by atoms with van der Waals surface area (Å²) in [5.74, 6) is -0.206. The predicted octanol–water partition coefficient (Wildman–Crippen LogP) is 5.79. The highest BCUT2D eigenvalue weighted by Crippen LogP contribution is 2.44. The zero-order valence-electron chi connectivity index (χ0n) is 35.0. The van der Waals surface area contributed by atoms with E-state index < -0.39 is 69.6 Å². The molecule has 2 aromatic rings. The van der Waals surface area contributed by atoms with Gasteiger partial charge in [0.25, 0.3) is 0 Å². The molecule has 0 saturated carbocycles. The number of oxime groups is 1. The minimum absolute atomic E-state index is 0.0815. The highest BCUT2D eigenvalue weighted by Gasteiger charge is 2.52. The molecule has 58 heavy (non-hydrogen) atoms. The van der Waals surface area contributed by atoms with E-state index in [1.807, 2.05) is 66.1 Å². The summed E-state index contributed by atoms with van der Waals surface area (Å²) in [7, 11) is 2.05. The molecule has 3 saturated heterocycles. The van der Waals surface area contributed by atoms with Crippen LogP contribution in [0.1, 0.15) is 80.6 Å². The van der Waals surface area contributed by atoms with Gasteiger partial charge in [-0.3, -0.25) is 4.79 Å². The molecule has 3 aliphatic heterocycles. The van der Waals surface area contributed by atoms with E-state index >= 15 is 0 Å². The second-order valence-electron chi connectivity index (χ2n) is 16.5. The van der Waals surface area contributed by atoms with E-state index in [1.54, 1.807) is 36.9 Å². The van der Waals surface area contributed by atoms with E-state index in [4.69, 9.17) is 34.9 Å². The summed E-state index contributed by atoms with van der Waals surface area (Å²) in [5.41, 5.74) is -0.214. The number of nitrogens with zero attached hydrogens (tertiary/aromatic N) is 4. The lowest BCUT2D eigenvalue weighted by Crippen LogP contribution is -2.58. The number of fused-ring (bicyclic) bond motifs is 5. The molecule has 5 rings (SSSR count). The highest BCUT2D eigenvalue weighted by atomic mass is 127. The molecule has 2 bridgehead atoms. The minimum atomic E-state index is -1.74. The quantitative estimate of drug-likeness (QED) is 0.0916. The molecule has 0 aliphatic carbocycles. The van der Waals surface area contributed by atoms with Crippen LogP contribution in [0.25, 0.3) is 5.69 Å². The molecule has 3 N–H and O–H groups in total. The molecule has 0 amide bonds. The Hall–Kier alpha value is -2.95. The van der Waals surface area contributed by atoms with Gasteiger partial charge >= 0.3 is 5.97 Å². The fourth-order valence-corrected chi connectivity index (χ4v) is 9.97. The van der Waals surface area contributed by atoms with Gasteiger partial charge in [0.2, 0.25) is 0 Å². The number of cyclic esters (lactones) is 1. The first kappa shape index (κ1) is 46.1. The number of aliphatic hydroxyl groups excluding tert-OH is 1. The van der Waals surface area contributed by atoms with E-state index in [0.717, 1.165) is 18.7 Å². The Morgan fingerprint density at radius 1 is 1.16 bits per heavy atom. The van der Waals surface area contributed by atoms with Gasteiger partial charge in [-0.05, 0) is 106 Å². The van der Waals surface area contributed by atoms with Crippen molar-refractivity contribution in [2.45, 2.75) is 133 Å². The number of benzene rings is 1. The first-order chi connectivity index (χ1) is 27.5. The molecule has 15 heteroatoms. The lowest BCUT2D eigenvalue weighted by Gasteiger charge is -2.46. The molecular formula is C43H62IN5O9. The molecule has 3 fully saturated rings. The molecular weight excluding hydrogens is 857 g/mol. The lowest BCUT2D eigenvalue weighted by atomic mass is 9.76. The summed E-state index contributed by atoms with van der Waals surface area (Å²) < 4.78 is 33.5. The van der Waals surface area contributed by atoms with Crippen LogP contribution in [-0.2, 0) is 28.5 Å². The van der Waals surface area contributed by atoms with Crippen molar-refractivity contribution in [3.8, 4) is 23.8 Å². The summed E-state index contributed by atoms with van der Waals surface area (Å²) in [6.45, 7) is 13.2. The van der Waals surface area contributed by atoms with Crippen molar-refractivity contribution in [3.63, 3.8) is 0 Å². The van der Waals surface area contributed by atoms with E-state index in [9.17, 15) is 20.4 Å². The predicted molar refractivity (Wildman–Crippen MR) is 228 cm³/mol. The number of nitrogens with one attached hydrogen (secondary N) is 1. The number of alkyl halides is 1. The van der Waals surface area contributed by atoms with Crippen molar-refractivity contribution in [1.29, 1.82) is 5.41 Å². The van der Waals surface area contributed by atoms with Gasteiger partial charge in [-0.1, -0.05) is 32.9 Å². The first-order valence-electron chi connectivity index (χ1n) is 20.4. The molecule has 1 aromatic heterocycles. The number of esters is 1. The molecule has 3 aliphatic rings. The van der Waals surface area contributed by atoms with Gasteiger partial charge in [0.05, 0.1) is 43.1 Å². The van der Waals surface area contributed by atoms with Crippen LogP contribution in [0, 0.1) is 41.4 Å². The topological polar surface area (TPSA) is 170 Å². The number of aliphatic hydroxyl groups is 2. The van der Waals surface area contributed by atoms with Gasteiger partial charge in [-0.2, -0.15) is 5.10 Å². The van der Waals surface area contributed by atoms with Crippen LogP contribution >= 0.6 is 22.6 Å². The fraction of sp³-hybridized carbons (Fsp3) is 0.674. The van der Waals surface area contributed by atoms with Crippen molar-refractivity contribution in [1.82, 2.24) is 14.7 Å². The number of ether oxygens (including phenoxy) is 5. The Labute approximate surface area is 356 Å². The largest absolute Gasteiger partial charge is 0.459 e. The maximum atomic E-state index is 13.9. The van der Waals surface area contributed by atoms with Crippen molar-refractivity contribution in [2.75, 3.05) is 26.8 Å². The average molecular weight is 920 g/mol. The Morgan fingerprint density at radius 2 is 1.88 bits per heavy atom. The molecule has 13 atom stereocenters. The molecule has 4 heterocycles. The van der Waals surface area contributed by atoms with Crippen LogP contribution < -0.4 is 4.84 Å². The summed E-state index contributed by atoms with van der Waals surface area (Å²) in [5, 5.41) is 42.6. The summed E-state index contributed by atoms with van der Waals surface area (Å²) in [6, 6.07) is 9.25. The molecule has 14 nitrogen and oxygen atoms in total. The Morgan fingerprint density at radius 3 is 2.53 bits per heavy atom. The molecule has 0 radical (unpaired) electrons. The third kappa shape index (κ3) is 10.9. The number of carbonyl (C=O) groups excluding carboxylic acids is 1. The van der Waals surface area contributed by atoms with E-state index in [1.165, 1.54) is 0 Å². The Bertz CT molecular complexity index is 1740. The van der Waals surface area contributed by atoms with Crippen LogP contribution in [0.4, 0.5) is 0 Å². The number of hydrogen-bond donors (Lipinski definition) is 3. The normalized spacial score (nSPS) is 37.6. The van der Waals surface area contributed by atoms with Crippen LogP contribution in [0.5, 0.6) is 5.75 Å². The average Bonchev–Trinajstić information content (AvgIpc) is 3.74. The van der Waals surface area contributed by atoms with Gasteiger partial charge in [-0.15, -0.1) is 12.3 Å². The zero-order chi connectivity index (χ0) is 42.4. The Balaban J connectivity index is 1.58. The molecule has 1 aromatic carbocycles. The van der Waals surface area contributed by atoms with Gasteiger partial charge in [0.1, 0.15) is 27.1 Å². The Kier molecular flexibility index (Phi) is 16.0. The third-order valence-electron chi connectivity index (χ3n) is 12.0. The van der Waals surface area contributed by atoms with Crippen molar-refractivity contribution < 1.29 is 43.5 Å². The number of hydrogen-bond acceptors (Lipinski definition) is 13. The second kappa shape index (κ2) is 20.1. The second-order valence-corrected chi connectivity index (χ2v) is 18.4. The molecule has 8 unspecified atom stereocenters. The first-order valence-corrected chi connectivity index (χ1v) is 21.5. The summed E-state index contributed by atoms with van der Waals surface area (Å²) in [6.07, 6.45) is 6.67. The van der Waals surface area contributed by atoms with Crippen molar-refractivity contribution >= 4 is 40.0 Å². The van der Waals surface area contributed by atoms with E-state index in [0.29, 0.717) is 30.0 Å². The smallest absolute Gasteiger partial charge is 0.311 e. The van der Waals surface area contributed by atoms with Crippen LogP contribution in [0.2, 0.25) is 0 Å². The molecule has 0 spiro atoms. The number of halogens is 1. The van der Waals surface area contributed by atoms with Gasteiger partial charge in [-0.25, -0.2) is 4.68 Å². The maximum absolute atomic E-state index is 13.9. The standard InChI is InChI=1S/C43H62IN5O9/c1-10-12-19-48(9)33-21-27(4)55-36(22-33)57-40-29(6)38(50)30(7)41(51)56-35(11-2)42(8,52)39-28(5)37(45)26(3)23-43(40,44)54-25-31(24-53-39)47-58-34-16-14-32(15-17-34)49-20-13-18-46-49/h1,13-18,20,26-30,33,35-36,38-40,45,50,52H,11-12,19,21-25H2,2-9H3/b45-37?,47-31+/t26-,27?,28?,29+,30?,33?,35-,36?,38+,39?,40-,42?,43?/m1/s1. The molecule has 320 valence electrons. The summed E-state index contributed by atoms with van der Waals surface area (Å²) in [4.78, 5) is 22.1.